The maximum atomic E-state index is 11.9. The maximum absolute atomic E-state index is 11.9. The van der Waals surface area contributed by atoms with Gasteiger partial charge in [-0.2, -0.15) is 0 Å². The number of anilines is 1. The summed E-state index contributed by atoms with van der Waals surface area (Å²) in [5.74, 6) is -0.417. The number of aryl methyl sites for hydroxylation is 2. The van der Waals surface area contributed by atoms with Crippen LogP contribution in [0, 0.1) is 13.8 Å². The molecule has 0 radical (unpaired) electrons. The standard InChI is InChI=1S/C14H21NO4/c1-10-8-11(2)13(15)12(9-10)14(16)19-7-6-18-5-4-17-3/h8-9H,4-7,15H2,1-3H3. The third kappa shape index (κ3) is 4.89. The van der Waals surface area contributed by atoms with Crippen LogP contribution < -0.4 is 5.73 Å². The molecule has 0 aliphatic carbocycles. The van der Waals surface area contributed by atoms with E-state index in [1.54, 1.807) is 13.2 Å². The molecule has 1 aromatic carbocycles. The third-order valence-corrected chi connectivity index (χ3v) is 2.64. The first-order chi connectivity index (χ1) is 9.06. The molecule has 1 aromatic rings. The van der Waals surface area contributed by atoms with Crippen LogP contribution in [-0.2, 0) is 14.2 Å². The van der Waals surface area contributed by atoms with Gasteiger partial charge in [-0.25, -0.2) is 4.79 Å². The number of rotatable bonds is 7. The van der Waals surface area contributed by atoms with Gasteiger partial charge in [0.1, 0.15) is 6.61 Å². The number of methoxy groups -OCH3 is 1. The van der Waals surface area contributed by atoms with Gasteiger partial charge in [-0.3, -0.25) is 0 Å². The van der Waals surface area contributed by atoms with Gasteiger partial charge in [0, 0.05) is 12.8 Å². The van der Waals surface area contributed by atoms with Crippen LogP contribution >= 0.6 is 0 Å². The Balaban J connectivity index is 2.46. The molecular formula is C14H21NO4. The van der Waals surface area contributed by atoms with Gasteiger partial charge in [0.15, 0.2) is 0 Å². The van der Waals surface area contributed by atoms with Crippen molar-refractivity contribution in [2.24, 2.45) is 0 Å². The summed E-state index contributed by atoms with van der Waals surface area (Å²) in [7, 11) is 1.60. The van der Waals surface area contributed by atoms with Crippen LogP contribution in [-0.4, -0.2) is 39.5 Å². The van der Waals surface area contributed by atoms with E-state index in [0.717, 1.165) is 11.1 Å². The summed E-state index contributed by atoms with van der Waals surface area (Å²) < 4.78 is 15.2. The number of hydrogen-bond acceptors (Lipinski definition) is 5. The van der Waals surface area contributed by atoms with Gasteiger partial charge in [-0.05, 0) is 31.0 Å². The van der Waals surface area contributed by atoms with Crippen molar-refractivity contribution in [1.29, 1.82) is 0 Å². The van der Waals surface area contributed by atoms with E-state index in [1.807, 2.05) is 19.9 Å². The fourth-order valence-electron chi connectivity index (χ4n) is 1.66. The van der Waals surface area contributed by atoms with Crippen LogP contribution in [0.15, 0.2) is 12.1 Å². The topological polar surface area (TPSA) is 70.8 Å². The molecule has 0 aliphatic rings. The molecule has 0 bridgehead atoms. The zero-order chi connectivity index (χ0) is 14.3. The van der Waals surface area contributed by atoms with Gasteiger partial charge in [0.2, 0.25) is 0 Å². The van der Waals surface area contributed by atoms with Crippen LogP contribution in [0.25, 0.3) is 0 Å². The van der Waals surface area contributed by atoms with Crippen molar-refractivity contribution >= 4 is 11.7 Å². The fraction of sp³-hybridized carbons (Fsp3) is 0.500. The second-order valence-electron chi connectivity index (χ2n) is 4.28. The lowest BCUT2D eigenvalue weighted by Crippen LogP contribution is -2.14. The van der Waals surface area contributed by atoms with Crippen LogP contribution in [0.3, 0.4) is 0 Å². The molecule has 0 atom stereocenters. The highest BCUT2D eigenvalue weighted by Crippen LogP contribution is 2.20. The third-order valence-electron chi connectivity index (χ3n) is 2.64. The Morgan fingerprint density at radius 3 is 2.53 bits per heavy atom. The first-order valence-corrected chi connectivity index (χ1v) is 6.16. The molecule has 0 unspecified atom stereocenters. The predicted molar refractivity (Wildman–Crippen MR) is 73.3 cm³/mol. The van der Waals surface area contributed by atoms with Crippen molar-refractivity contribution in [3.05, 3.63) is 28.8 Å². The minimum absolute atomic E-state index is 0.203. The summed E-state index contributed by atoms with van der Waals surface area (Å²) in [4.78, 5) is 11.9. The van der Waals surface area contributed by atoms with Crippen molar-refractivity contribution in [2.45, 2.75) is 13.8 Å². The number of nitrogens with two attached hydrogens (primary N) is 1. The van der Waals surface area contributed by atoms with Gasteiger partial charge in [-0.15, -0.1) is 0 Å². The van der Waals surface area contributed by atoms with Gasteiger partial charge in [0.05, 0.1) is 25.4 Å². The molecular weight excluding hydrogens is 246 g/mol. The SMILES string of the molecule is COCCOCCOC(=O)c1cc(C)cc(C)c1N. The Labute approximate surface area is 113 Å². The lowest BCUT2D eigenvalue weighted by Gasteiger charge is -2.10. The molecule has 0 fully saturated rings. The lowest BCUT2D eigenvalue weighted by molar-refractivity contribution is 0.0214. The van der Waals surface area contributed by atoms with Crippen molar-refractivity contribution in [2.75, 3.05) is 39.3 Å². The van der Waals surface area contributed by atoms with Crippen LogP contribution in [0.5, 0.6) is 0 Å². The molecule has 0 saturated carbocycles. The maximum Gasteiger partial charge on any atom is 0.340 e. The normalized spacial score (nSPS) is 10.5. The highest BCUT2D eigenvalue weighted by Gasteiger charge is 2.13. The highest BCUT2D eigenvalue weighted by molar-refractivity contribution is 5.96. The Bertz CT molecular complexity index is 432. The summed E-state index contributed by atoms with van der Waals surface area (Å²) in [6.07, 6.45) is 0. The van der Waals surface area contributed by atoms with Gasteiger partial charge >= 0.3 is 5.97 Å². The summed E-state index contributed by atoms with van der Waals surface area (Å²) in [5, 5.41) is 0. The van der Waals surface area contributed by atoms with E-state index in [0.29, 0.717) is 31.1 Å². The van der Waals surface area contributed by atoms with E-state index in [-0.39, 0.29) is 6.61 Å². The zero-order valence-corrected chi connectivity index (χ0v) is 11.7. The van der Waals surface area contributed by atoms with E-state index in [9.17, 15) is 4.79 Å². The van der Waals surface area contributed by atoms with E-state index >= 15 is 0 Å². The molecule has 1 rings (SSSR count). The molecule has 0 saturated heterocycles. The van der Waals surface area contributed by atoms with Crippen LogP contribution in [0.4, 0.5) is 5.69 Å². The fourth-order valence-corrected chi connectivity index (χ4v) is 1.66. The minimum Gasteiger partial charge on any atom is -0.460 e. The number of carbonyl (C=O) groups is 1. The number of hydrogen-bond donors (Lipinski definition) is 1. The van der Waals surface area contributed by atoms with Gasteiger partial charge in [0.25, 0.3) is 0 Å². The first-order valence-electron chi connectivity index (χ1n) is 6.16. The largest absolute Gasteiger partial charge is 0.460 e. The molecule has 0 amide bonds. The molecule has 0 aliphatic heterocycles. The predicted octanol–water partition coefficient (Wildman–Crippen LogP) is 1.71. The first kappa shape index (κ1) is 15.5. The van der Waals surface area contributed by atoms with Crippen molar-refractivity contribution < 1.29 is 19.0 Å². The molecule has 19 heavy (non-hydrogen) atoms. The molecule has 0 heterocycles. The van der Waals surface area contributed by atoms with Crippen molar-refractivity contribution in [3.8, 4) is 0 Å². The molecule has 0 aromatic heterocycles. The summed E-state index contributed by atoms with van der Waals surface area (Å²) >= 11 is 0. The van der Waals surface area contributed by atoms with E-state index in [1.165, 1.54) is 0 Å². The van der Waals surface area contributed by atoms with Crippen molar-refractivity contribution in [1.82, 2.24) is 0 Å². The van der Waals surface area contributed by atoms with E-state index in [4.69, 9.17) is 19.9 Å². The average Bonchev–Trinajstić information content (AvgIpc) is 2.37. The number of benzene rings is 1. The lowest BCUT2D eigenvalue weighted by atomic mass is 10.0. The Hall–Kier alpha value is -1.59. The zero-order valence-electron chi connectivity index (χ0n) is 11.7. The Morgan fingerprint density at radius 1 is 1.16 bits per heavy atom. The quantitative estimate of drug-likeness (QED) is 0.462. The number of ether oxygens (including phenoxy) is 3. The molecule has 106 valence electrons. The van der Waals surface area contributed by atoms with Crippen LogP contribution in [0.1, 0.15) is 21.5 Å². The van der Waals surface area contributed by atoms with Gasteiger partial charge < -0.3 is 19.9 Å². The number of esters is 1. The Kier molecular flexibility index (Phi) is 6.32. The number of nitrogen functional groups attached to an aromatic ring is 1. The summed E-state index contributed by atoms with van der Waals surface area (Å²) in [6.45, 7) is 5.34. The second kappa shape index (κ2) is 7.76. The van der Waals surface area contributed by atoms with Gasteiger partial charge in [-0.1, -0.05) is 6.07 Å². The van der Waals surface area contributed by atoms with Crippen molar-refractivity contribution in [3.63, 3.8) is 0 Å². The van der Waals surface area contributed by atoms with Crippen LogP contribution in [0.2, 0.25) is 0 Å². The van der Waals surface area contributed by atoms with E-state index < -0.39 is 5.97 Å². The molecule has 0 spiro atoms. The monoisotopic (exact) mass is 267 g/mol. The van der Waals surface area contributed by atoms with E-state index in [2.05, 4.69) is 0 Å². The Morgan fingerprint density at radius 2 is 1.84 bits per heavy atom. The number of carbonyl (C=O) groups excluding carboxylic acids is 1. The highest BCUT2D eigenvalue weighted by atomic mass is 16.6. The second-order valence-corrected chi connectivity index (χ2v) is 4.28. The minimum atomic E-state index is -0.417. The smallest absolute Gasteiger partial charge is 0.340 e. The summed E-state index contributed by atoms with van der Waals surface area (Å²) in [6, 6.07) is 3.66. The molecule has 5 heteroatoms. The molecule has 2 N–H and O–H groups in total. The average molecular weight is 267 g/mol. The molecule has 5 nitrogen and oxygen atoms in total. The summed E-state index contributed by atoms with van der Waals surface area (Å²) in [5.41, 5.74) is 8.61.